The first-order valence-electron chi connectivity index (χ1n) is 8.24. The second-order valence-electron chi connectivity index (χ2n) is 6.44. The van der Waals surface area contributed by atoms with Crippen molar-refractivity contribution in [1.29, 1.82) is 0 Å². The van der Waals surface area contributed by atoms with Crippen LogP contribution in [-0.4, -0.2) is 44.2 Å². The molecule has 2 aliphatic heterocycles. The van der Waals surface area contributed by atoms with Gasteiger partial charge in [0, 0.05) is 19.6 Å². The van der Waals surface area contributed by atoms with Gasteiger partial charge in [-0.2, -0.15) is 13.2 Å². The van der Waals surface area contributed by atoms with Crippen LogP contribution in [0.1, 0.15) is 30.1 Å². The van der Waals surface area contributed by atoms with Gasteiger partial charge in [-0.3, -0.25) is 4.90 Å². The van der Waals surface area contributed by atoms with Gasteiger partial charge < -0.3 is 10.1 Å². The summed E-state index contributed by atoms with van der Waals surface area (Å²) in [6, 6.07) is 5.53. The first kappa shape index (κ1) is 19.5. The molecule has 2 fully saturated rings. The SMILES string of the molecule is Cl.FC(F)(F)c1cccc(C2CN(CC3CCNCC3)CCO2)c1. The van der Waals surface area contributed by atoms with E-state index in [4.69, 9.17) is 4.74 Å². The van der Waals surface area contributed by atoms with Gasteiger partial charge in [0.1, 0.15) is 0 Å². The molecule has 0 saturated carbocycles. The molecule has 0 spiro atoms. The van der Waals surface area contributed by atoms with Gasteiger partial charge in [0.2, 0.25) is 0 Å². The normalized spacial score (nSPS) is 23.7. The number of morpholine rings is 1. The molecule has 24 heavy (non-hydrogen) atoms. The van der Waals surface area contributed by atoms with Crippen LogP contribution >= 0.6 is 12.4 Å². The van der Waals surface area contributed by atoms with Gasteiger partial charge in [0.15, 0.2) is 0 Å². The highest BCUT2D eigenvalue weighted by Gasteiger charge is 2.32. The minimum atomic E-state index is -4.31. The summed E-state index contributed by atoms with van der Waals surface area (Å²) >= 11 is 0. The molecule has 0 amide bonds. The molecule has 2 saturated heterocycles. The summed E-state index contributed by atoms with van der Waals surface area (Å²) in [5.41, 5.74) is 0.0175. The second-order valence-corrected chi connectivity index (χ2v) is 6.44. The lowest BCUT2D eigenvalue weighted by Crippen LogP contribution is -2.43. The Morgan fingerprint density at radius 1 is 1.21 bits per heavy atom. The van der Waals surface area contributed by atoms with Gasteiger partial charge in [-0.05, 0) is 49.5 Å². The van der Waals surface area contributed by atoms with Crippen molar-refractivity contribution < 1.29 is 17.9 Å². The molecule has 3 nitrogen and oxygen atoms in total. The first-order valence-corrected chi connectivity index (χ1v) is 8.24. The molecule has 2 heterocycles. The van der Waals surface area contributed by atoms with E-state index in [0.717, 1.165) is 32.2 Å². The monoisotopic (exact) mass is 364 g/mol. The standard InChI is InChI=1S/C17H23F3N2O.ClH/c18-17(19,20)15-3-1-2-14(10-15)16-12-22(8-9-23-16)11-13-4-6-21-7-5-13;/h1-3,10,13,16,21H,4-9,11-12H2;1H. The van der Waals surface area contributed by atoms with Gasteiger partial charge in [-0.25, -0.2) is 0 Å². The Hall–Kier alpha value is -0.820. The van der Waals surface area contributed by atoms with Crippen LogP contribution in [0.3, 0.4) is 0 Å². The molecule has 1 aromatic carbocycles. The summed E-state index contributed by atoms with van der Waals surface area (Å²) in [7, 11) is 0. The zero-order valence-electron chi connectivity index (χ0n) is 13.5. The lowest BCUT2D eigenvalue weighted by molar-refractivity contribution is -0.137. The third-order valence-corrected chi connectivity index (χ3v) is 4.71. The van der Waals surface area contributed by atoms with Crippen molar-refractivity contribution in [3.8, 4) is 0 Å². The highest BCUT2D eigenvalue weighted by Crippen LogP contribution is 2.32. The molecule has 3 rings (SSSR count). The number of nitrogens with one attached hydrogen (secondary N) is 1. The van der Waals surface area contributed by atoms with Crippen LogP contribution in [0.25, 0.3) is 0 Å². The first-order chi connectivity index (χ1) is 11.0. The molecule has 1 unspecified atom stereocenters. The molecule has 0 aromatic heterocycles. The fraction of sp³-hybridized carbons (Fsp3) is 0.647. The minimum absolute atomic E-state index is 0. The Balaban J connectivity index is 0.00000208. The van der Waals surface area contributed by atoms with Crippen molar-refractivity contribution in [2.45, 2.75) is 25.1 Å². The summed E-state index contributed by atoms with van der Waals surface area (Å²) in [4.78, 5) is 2.34. The van der Waals surface area contributed by atoms with Crippen molar-refractivity contribution in [2.24, 2.45) is 5.92 Å². The number of alkyl halides is 3. The average molecular weight is 365 g/mol. The van der Waals surface area contributed by atoms with Crippen LogP contribution in [0.4, 0.5) is 13.2 Å². The fourth-order valence-corrected chi connectivity index (χ4v) is 3.41. The predicted molar refractivity (Wildman–Crippen MR) is 89.4 cm³/mol. The van der Waals surface area contributed by atoms with E-state index in [1.165, 1.54) is 25.0 Å². The zero-order chi connectivity index (χ0) is 16.3. The molecule has 1 aromatic rings. The van der Waals surface area contributed by atoms with Gasteiger partial charge in [-0.1, -0.05) is 12.1 Å². The maximum atomic E-state index is 12.9. The van der Waals surface area contributed by atoms with Crippen LogP contribution < -0.4 is 5.32 Å². The third-order valence-electron chi connectivity index (χ3n) is 4.71. The Bertz CT molecular complexity index is 521. The summed E-state index contributed by atoms with van der Waals surface area (Å²) in [6.45, 7) is 5.25. The smallest absolute Gasteiger partial charge is 0.371 e. The number of benzene rings is 1. The Labute approximate surface area is 147 Å². The van der Waals surface area contributed by atoms with E-state index >= 15 is 0 Å². The molecule has 0 bridgehead atoms. The molecular weight excluding hydrogens is 341 g/mol. The molecule has 1 N–H and O–H groups in total. The van der Waals surface area contributed by atoms with Crippen LogP contribution in [0.5, 0.6) is 0 Å². The highest BCUT2D eigenvalue weighted by molar-refractivity contribution is 5.85. The Morgan fingerprint density at radius 3 is 2.67 bits per heavy atom. The lowest BCUT2D eigenvalue weighted by Gasteiger charge is -2.36. The largest absolute Gasteiger partial charge is 0.416 e. The number of hydrogen-bond donors (Lipinski definition) is 1. The molecule has 0 radical (unpaired) electrons. The topological polar surface area (TPSA) is 24.5 Å². The van der Waals surface area contributed by atoms with E-state index in [1.807, 2.05) is 0 Å². The molecule has 1 atom stereocenters. The molecule has 7 heteroatoms. The molecular formula is C17H24ClF3N2O. The van der Waals surface area contributed by atoms with Crippen molar-refractivity contribution in [3.63, 3.8) is 0 Å². The van der Waals surface area contributed by atoms with Crippen LogP contribution in [0.2, 0.25) is 0 Å². The number of hydrogen-bond acceptors (Lipinski definition) is 3. The van der Waals surface area contributed by atoms with Crippen molar-refractivity contribution >= 4 is 12.4 Å². The number of nitrogens with zero attached hydrogens (tertiary/aromatic N) is 1. The highest BCUT2D eigenvalue weighted by atomic mass is 35.5. The van der Waals surface area contributed by atoms with Gasteiger partial charge in [0.05, 0.1) is 18.3 Å². The Kier molecular flexibility index (Phi) is 6.92. The van der Waals surface area contributed by atoms with E-state index in [9.17, 15) is 13.2 Å². The number of rotatable bonds is 3. The summed E-state index contributed by atoms with van der Waals surface area (Å²) in [5.74, 6) is 0.677. The van der Waals surface area contributed by atoms with Gasteiger partial charge in [-0.15, -0.1) is 12.4 Å². The Morgan fingerprint density at radius 2 is 1.96 bits per heavy atom. The van der Waals surface area contributed by atoms with Crippen molar-refractivity contribution in [3.05, 3.63) is 35.4 Å². The molecule has 0 aliphatic carbocycles. The third kappa shape index (κ3) is 5.09. The minimum Gasteiger partial charge on any atom is -0.371 e. The summed E-state index contributed by atoms with van der Waals surface area (Å²) in [5, 5.41) is 3.36. The quantitative estimate of drug-likeness (QED) is 0.888. The van der Waals surface area contributed by atoms with Crippen LogP contribution in [-0.2, 0) is 10.9 Å². The average Bonchev–Trinajstić information content (AvgIpc) is 2.55. The summed E-state index contributed by atoms with van der Waals surface area (Å²) < 4.78 is 44.3. The van der Waals surface area contributed by atoms with Crippen molar-refractivity contribution in [1.82, 2.24) is 10.2 Å². The van der Waals surface area contributed by atoms with Gasteiger partial charge in [0.25, 0.3) is 0 Å². The number of halogens is 4. The number of ether oxygens (including phenoxy) is 1. The second kappa shape index (κ2) is 8.52. The van der Waals surface area contributed by atoms with Crippen LogP contribution in [0, 0.1) is 5.92 Å². The zero-order valence-corrected chi connectivity index (χ0v) is 14.3. The molecule has 136 valence electrons. The van der Waals surface area contributed by atoms with Gasteiger partial charge >= 0.3 is 6.18 Å². The van der Waals surface area contributed by atoms with E-state index in [1.54, 1.807) is 6.07 Å². The van der Waals surface area contributed by atoms with Crippen molar-refractivity contribution in [2.75, 3.05) is 39.3 Å². The lowest BCUT2D eigenvalue weighted by atomic mass is 9.96. The maximum Gasteiger partial charge on any atom is 0.416 e. The van der Waals surface area contributed by atoms with E-state index in [-0.39, 0.29) is 18.5 Å². The molecule has 2 aliphatic rings. The summed E-state index contributed by atoms with van der Waals surface area (Å²) in [6.07, 6.45) is -2.23. The van der Waals surface area contributed by atoms with E-state index in [2.05, 4.69) is 10.2 Å². The van der Waals surface area contributed by atoms with E-state index in [0.29, 0.717) is 24.6 Å². The van der Waals surface area contributed by atoms with E-state index < -0.39 is 11.7 Å². The number of piperidine rings is 1. The predicted octanol–water partition coefficient (Wildman–Crippen LogP) is 3.50. The maximum absolute atomic E-state index is 12.9. The van der Waals surface area contributed by atoms with Crippen LogP contribution in [0.15, 0.2) is 24.3 Å². The fourth-order valence-electron chi connectivity index (χ4n) is 3.41.